The number of rotatable bonds is 6. The summed E-state index contributed by atoms with van der Waals surface area (Å²) >= 11 is 0. The molecular formula is C18H26N6O2S. The minimum absolute atomic E-state index is 0.146. The average Bonchev–Trinajstić information content (AvgIpc) is 2.59. The molecule has 0 bridgehead atoms. The highest BCUT2D eigenvalue weighted by atomic mass is 32.2. The number of nitrogens with one attached hydrogen (secondary N) is 1. The van der Waals surface area contributed by atoms with Crippen molar-refractivity contribution in [3.8, 4) is 0 Å². The van der Waals surface area contributed by atoms with Gasteiger partial charge >= 0.3 is 0 Å². The third-order valence-electron chi connectivity index (χ3n) is 4.53. The number of aryl methyl sites for hydroxylation is 1. The van der Waals surface area contributed by atoms with Gasteiger partial charge in [0.25, 0.3) is 0 Å². The van der Waals surface area contributed by atoms with Gasteiger partial charge in [0.1, 0.15) is 5.82 Å². The fourth-order valence-corrected chi connectivity index (χ4v) is 3.65. The second-order valence-electron chi connectivity index (χ2n) is 7.07. The number of hydrogen-bond acceptors (Lipinski definition) is 7. The number of nitrogens with zero attached hydrogens (tertiary/aromatic N) is 4. The van der Waals surface area contributed by atoms with Gasteiger partial charge in [-0.15, -0.1) is 0 Å². The van der Waals surface area contributed by atoms with Crippen molar-refractivity contribution in [3.05, 3.63) is 41.1 Å². The summed E-state index contributed by atoms with van der Waals surface area (Å²) in [6.45, 7) is 5.00. The van der Waals surface area contributed by atoms with E-state index in [1.165, 1.54) is 0 Å². The number of benzene rings is 1. The molecule has 2 heterocycles. The maximum Gasteiger partial charge on any atom is 0.238 e. The summed E-state index contributed by atoms with van der Waals surface area (Å²) in [4.78, 5) is 13.5. The van der Waals surface area contributed by atoms with E-state index in [9.17, 15) is 8.42 Å². The standard InChI is InChI=1S/C18H26N6O2S/c1-13-10-17(22-18(21-13)20-7-9-23(2)3)24-8-6-14-4-5-16(27(19,25)26)11-15(14)12-24/h4-5,10-11H,6-9,12H2,1-3H3,(H2,19,25,26)(H,20,21,22). The largest absolute Gasteiger partial charge is 0.353 e. The Morgan fingerprint density at radius 1 is 1.22 bits per heavy atom. The molecule has 1 aromatic carbocycles. The van der Waals surface area contributed by atoms with Crippen LogP contribution in [0.1, 0.15) is 16.8 Å². The molecule has 3 N–H and O–H groups in total. The van der Waals surface area contributed by atoms with Crippen molar-refractivity contribution in [1.82, 2.24) is 14.9 Å². The normalized spacial score (nSPS) is 14.3. The van der Waals surface area contributed by atoms with Crippen LogP contribution in [-0.2, 0) is 23.0 Å². The Bertz CT molecular complexity index is 929. The van der Waals surface area contributed by atoms with Gasteiger partial charge in [0.2, 0.25) is 16.0 Å². The smallest absolute Gasteiger partial charge is 0.238 e. The Labute approximate surface area is 160 Å². The molecule has 0 radical (unpaired) electrons. The Hall–Kier alpha value is -2.23. The van der Waals surface area contributed by atoms with E-state index in [4.69, 9.17) is 5.14 Å². The van der Waals surface area contributed by atoms with E-state index in [2.05, 4.69) is 25.1 Å². The molecule has 1 aliphatic heterocycles. The fourth-order valence-electron chi connectivity index (χ4n) is 3.09. The first-order valence-electron chi connectivity index (χ1n) is 8.86. The van der Waals surface area contributed by atoms with Crippen LogP contribution < -0.4 is 15.4 Å². The van der Waals surface area contributed by atoms with Crippen LogP contribution in [0.2, 0.25) is 0 Å². The number of sulfonamides is 1. The lowest BCUT2D eigenvalue weighted by Crippen LogP contribution is -2.32. The lowest BCUT2D eigenvalue weighted by atomic mass is 10.00. The number of nitrogens with two attached hydrogens (primary N) is 1. The lowest BCUT2D eigenvalue weighted by Gasteiger charge is -2.30. The van der Waals surface area contributed by atoms with Crippen LogP contribution in [0.15, 0.2) is 29.2 Å². The van der Waals surface area contributed by atoms with Gasteiger partial charge in [0, 0.05) is 37.9 Å². The summed E-state index contributed by atoms with van der Waals surface area (Å²) in [7, 11) is 0.331. The molecule has 0 fully saturated rings. The van der Waals surface area contributed by atoms with Gasteiger partial charge in [0.15, 0.2) is 0 Å². The zero-order valence-corrected chi connectivity index (χ0v) is 16.8. The number of primary sulfonamides is 1. The molecule has 2 aromatic rings. The number of anilines is 2. The minimum Gasteiger partial charge on any atom is -0.353 e. The molecule has 0 saturated carbocycles. The highest BCUT2D eigenvalue weighted by Gasteiger charge is 2.20. The SMILES string of the molecule is Cc1cc(N2CCc3ccc(S(N)(=O)=O)cc3C2)nc(NCCN(C)C)n1. The van der Waals surface area contributed by atoms with E-state index in [-0.39, 0.29) is 4.90 Å². The Morgan fingerprint density at radius 2 is 2.00 bits per heavy atom. The third-order valence-corrected chi connectivity index (χ3v) is 5.44. The predicted molar refractivity (Wildman–Crippen MR) is 106 cm³/mol. The van der Waals surface area contributed by atoms with Crippen LogP contribution in [0, 0.1) is 6.92 Å². The summed E-state index contributed by atoms with van der Waals surface area (Å²) in [6.07, 6.45) is 0.826. The highest BCUT2D eigenvalue weighted by molar-refractivity contribution is 7.89. The fraction of sp³-hybridized carbons (Fsp3) is 0.444. The highest BCUT2D eigenvalue weighted by Crippen LogP contribution is 2.26. The van der Waals surface area contributed by atoms with Gasteiger partial charge in [-0.3, -0.25) is 0 Å². The van der Waals surface area contributed by atoms with Crippen molar-refractivity contribution in [1.29, 1.82) is 0 Å². The molecule has 0 saturated heterocycles. The summed E-state index contributed by atoms with van der Waals surface area (Å²) in [6, 6.07) is 7.05. The molecule has 0 atom stereocenters. The van der Waals surface area contributed by atoms with Gasteiger partial charge in [-0.25, -0.2) is 18.5 Å². The molecule has 1 aromatic heterocycles. The van der Waals surface area contributed by atoms with E-state index in [1.807, 2.05) is 33.2 Å². The van der Waals surface area contributed by atoms with Crippen LogP contribution >= 0.6 is 0 Å². The molecule has 3 rings (SSSR count). The molecule has 9 heteroatoms. The zero-order chi connectivity index (χ0) is 19.6. The summed E-state index contributed by atoms with van der Waals surface area (Å²) in [5, 5.41) is 8.53. The Balaban J connectivity index is 1.81. The minimum atomic E-state index is -3.71. The van der Waals surface area contributed by atoms with Crippen molar-refractivity contribution in [2.45, 2.75) is 24.8 Å². The van der Waals surface area contributed by atoms with E-state index in [0.29, 0.717) is 12.5 Å². The third kappa shape index (κ3) is 4.94. The number of likely N-dealkylation sites (N-methyl/N-ethyl adjacent to an activating group) is 1. The van der Waals surface area contributed by atoms with E-state index < -0.39 is 10.0 Å². The molecule has 0 unspecified atom stereocenters. The van der Waals surface area contributed by atoms with Gasteiger partial charge in [-0.05, 0) is 50.7 Å². The Morgan fingerprint density at radius 3 is 2.70 bits per heavy atom. The van der Waals surface area contributed by atoms with Crippen LogP contribution in [-0.4, -0.2) is 57.0 Å². The maximum absolute atomic E-state index is 11.6. The summed E-state index contributed by atoms with van der Waals surface area (Å²) in [5.41, 5.74) is 3.00. The number of aromatic nitrogens is 2. The predicted octanol–water partition coefficient (Wildman–Crippen LogP) is 0.969. The Kier molecular flexibility index (Phi) is 5.64. The molecular weight excluding hydrogens is 364 g/mol. The molecule has 8 nitrogen and oxygen atoms in total. The summed E-state index contributed by atoms with van der Waals surface area (Å²) in [5.74, 6) is 1.44. The van der Waals surface area contributed by atoms with E-state index >= 15 is 0 Å². The van der Waals surface area contributed by atoms with Crippen LogP contribution in [0.4, 0.5) is 11.8 Å². The first kappa shape index (κ1) is 19.5. The second-order valence-corrected chi connectivity index (χ2v) is 8.63. The monoisotopic (exact) mass is 390 g/mol. The van der Waals surface area contributed by atoms with Crippen molar-refractivity contribution in [2.24, 2.45) is 5.14 Å². The van der Waals surface area contributed by atoms with Gasteiger partial charge in [-0.1, -0.05) is 6.07 Å². The second kappa shape index (κ2) is 7.79. The molecule has 0 aliphatic carbocycles. The van der Waals surface area contributed by atoms with E-state index in [1.54, 1.807) is 12.1 Å². The lowest BCUT2D eigenvalue weighted by molar-refractivity contribution is 0.425. The van der Waals surface area contributed by atoms with Gasteiger partial charge in [0.05, 0.1) is 4.90 Å². The average molecular weight is 391 g/mol. The zero-order valence-electron chi connectivity index (χ0n) is 15.9. The van der Waals surface area contributed by atoms with Gasteiger partial charge in [-0.2, -0.15) is 4.98 Å². The van der Waals surface area contributed by atoms with E-state index in [0.717, 1.165) is 48.7 Å². The van der Waals surface area contributed by atoms with Crippen molar-refractivity contribution in [3.63, 3.8) is 0 Å². The topological polar surface area (TPSA) is 104 Å². The van der Waals surface area contributed by atoms with Crippen molar-refractivity contribution < 1.29 is 8.42 Å². The quantitative estimate of drug-likeness (QED) is 0.757. The van der Waals surface area contributed by atoms with Crippen LogP contribution in [0.5, 0.6) is 0 Å². The number of hydrogen-bond donors (Lipinski definition) is 2. The number of fused-ring (bicyclic) bond motifs is 1. The van der Waals surface area contributed by atoms with Crippen LogP contribution in [0.3, 0.4) is 0 Å². The first-order chi connectivity index (χ1) is 12.7. The molecule has 0 spiro atoms. The van der Waals surface area contributed by atoms with Crippen molar-refractivity contribution >= 4 is 21.8 Å². The molecule has 1 aliphatic rings. The molecule has 0 amide bonds. The molecule has 27 heavy (non-hydrogen) atoms. The van der Waals surface area contributed by atoms with Gasteiger partial charge < -0.3 is 15.1 Å². The maximum atomic E-state index is 11.6. The summed E-state index contributed by atoms with van der Waals surface area (Å²) < 4.78 is 23.3. The van der Waals surface area contributed by atoms with Crippen molar-refractivity contribution in [2.75, 3.05) is 43.9 Å². The first-order valence-corrected chi connectivity index (χ1v) is 10.4. The van der Waals surface area contributed by atoms with Crippen LogP contribution in [0.25, 0.3) is 0 Å². The molecule has 146 valence electrons.